The largest absolute Gasteiger partial charge is 0.467 e. The van der Waals surface area contributed by atoms with E-state index in [4.69, 9.17) is 27.6 Å². The van der Waals surface area contributed by atoms with Gasteiger partial charge in [0.15, 0.2) is 0 Å². The van der Waals surface area contributed by atoms with E-state index >= 15 is 0 Å². The van der Waals surface area contributed by atoms with Crippen LogP contribution in [-0.2, 0) is 4.79 Å². The smallest absolute Gasteiger partial charge is 0.244 e. The first-order valence-corrected chi connectivity index (χ1v) is 6.79. The molecule has 0 aliphatic rings. The van der Waals surface area contributed by atoms with Gasteiger partial charge in [0.1, 0.15) is 5.76 Å². The first kappa shape index (κ1) is 14.7. The van der Waals surface area contributed by atoms with Gasteiger partial charge in [0, 0.05) is 16.1 Å². The van der Waals surface area contributed by atoms with Crippen molar-refractivity contribution in [3.63, 3.8) is 0 Å². The minimum Gasteiger partial charge on any atom is -0.467 e. The van der Waals surface area contributed by atoms with Crippen LogP contribution < -0.4 is 5.32 Å². The van der Waals surface area contributed by atoms with Crippen molar-refractivity contribution in [2.24, 2.45) is 0 Å². The van der Waals surface area contributed by atoms with Crippen molar-refractivity contribution in [2.75, 3.05) is 0 Å². The Hall–Kier alpha value is -1.71. The molecule has 0 saturated carbocycles. The number of carbonyl (C=O) groups excluding carboxylic acids is 1. The van der Waals surface area contributed by atoms with E-state index in [-0.39, 0.29) is 11.9 Å². The average Bonchev–Trinajstić information content (AvgIpc) is 2.91. The molecule has 5 heteroatoms. The van der Waals surface area contributed by atoms with Crippen LogP contribution in [-0.4, -0.2) is 5.91 Å². The van der Waals surface area contributed by atoms with Crippen molar-refractivity contribution in [2.45, 2.75) is 13.0 Å². The second-order valence-electron chi connectivity index (χ2n) is 4.24. The van der Waals surface area contributed by atoms with Gasteiger partial charge in [0.25, 0.3) is 0 Å². The van der Waals surface area contributed by atoms with Crippen molar-refractivity contribution in [3.8, 4) is 0 Å². The number of nitrogens with one attached hydrogen (secondary N) is 1. The number of carbonyl (C=O) groups is 1. The maximum atomic E-state index is 11.8. The van der Waals surface area contributed by atoms with E-state index in [1.807, 2.05) is 13.0 Å². The van der Waals surface area contributed by atoms with Gasteiger partial charge in [-0.1, -0.05) is 29.3 Å². The summed E-state index contributed by atoms with van der Waals surface area (Å²) in [4.78, 5) is 11.8. The van der Waals surface area contributed by atoms with Crippen LogP contribution in [0.2, 0.25) is 10.0 Å². The Bertz CT molecular complexity index is 621. The molecule has 20 heavy (non-hydrogen) atoms. The number of furan rings is 1. The molecule has 0 unspecified atom stereocenters. The summed E-state index contributed by atoms with van der Waals surface area (Å²) < 4.78 is 5.22. The highest BCUT2D eigenvalue weighted by Gasteiger charge is 2.09. The van der Waals surface area contributed by atoms with Gasteiger partial charge in [0.2, 0.25) is 5.91 Å². The highest BCUT2D eigenvalue weighted by atomic mass is 35.5. The Morgan fingerprint density at radius 3 is 2.80 bits per heavy atom. The second-order valence-corrected chi connectivity index (χ2v) is 5.09. The molecule has 0 aliphatic carbocycles. The number of rotatable bonds is 4. The molecule has 3 nitrogen and oxygen atoms in total. The van der Waals surface area contributed by atoms with Crippen molar-refractivity contribution in [1.82, 2.24) is 5.32 Å². The third-order valence-electron chi connectivity index (χ3n) is 2.71. The lowest BCUT2D eigenvalue weighted by molar-refractivity contribution is -0.117. The van der Waals surface area contributed by atoms with Gasteiger partial charge < -0.3 is 9.73 Å². The van der Waals surface area contributed by atoms with E-state index in [1.54, 1.807) is 36.6 Å². The van der Waals surface area contributed by atoms with E-state index < -0.39 is 0 Å². The van der Waals surface area contributed by atoms with Crippen LogP contribution in [0, 0.1) is 0 Å². The number of halogens is 2. The zero-order chi connectivity index (χ0) is 14.5. The molecule has 0 aliphatic heterocycles. The van der Waals surface area contributed by atoms with Gasteiger partial charge in [-0.15, -0.1) is 0 Å². The van der Waals surface area contributed by atoms with E-state index in [9.17, 15) is 4.79 Å². The standard InChI is InChI=1S/C15H13Cl2NO2/c1-10(14-3-2-8-20-14)18-15(19)7-5-11-4-6-12(16)9-13(11)17/h2-10H,1H3,(H,18,19)/b7-5+/t10-/m0/s1. The van der Waals surface area contributed by atoms with Gasteiger partial charge in [-0.25, -0.2) is 0 Å². The summed E-state index contributed by atoms with van der Waals surface area (Å²) in [5, 5.41) is 3.85. The summed E-state index contributed by atoms with van der Waals surface area (Å²) in [7, 11) is 0. The van der Waals surface area contributed by atoms with E-state index in [1.165, 1.54) is 6.08 Å². The first-order chi connectivity index (χ1) is 9.56. The monoisotopic (exact) mass is 309 g/mol. The molecule has 1 aromatic carbocycles. The number of amides is 1. The van der Waals surface area contributed by atoms with Crippen LogP contribution in [0.25, 0.3) is 6.08 Å². The minimum atomic E-state index is -0.222. The van der Waals surface area contributed by atoms with Crippen molar-refractivity contribution < 1.29 is 9.21 Å². The Morgan fingerprint density at radius 1 is 1.35 bits per heavy atom. The molecule has 2 rings (SSSR count). The molecule has 0 saturated heterocycles. The summed E-state index contributed by atoms with van der Waals surface area (Å²) in [6.45, 7) is 1.85. The normalized spacial score (nSPS) is 12.6. The van der Waals surface area contributed by atoms with E-state index in [0.717, 1.165) is 5.56 Å². The Kier molecular flexibility index (Phi) is 4.88. The fourth-order valence-corrected chi connectivity index (χ4v) is 2.14. The molecule has 1 heterocycles. The molecule has 2 aromatic rings. The van der Waals surface area contributed by atoms with Gasteiger partial charge in [-0.3, -0.25) is 4.79 Å². The van der Waals surface area contributed by atoms with Crippen LogP contribution in [0.15, 0.2) is 47.1 Å². The molecule has 0 spiro atoms. The topological polar surface area (TPSA) is 42.2 Å². The molecule has 1 N–H and O–H groups in total. The van der Waals surface area contributed by atoms with E-state index in [0.29, 0.717) is 15.8 Å². The summed E-state index contributed by atoms with van der Waals surface area (Å²) in [5.41, 5.74) is 0.733. The van der Waals surface area contributed by atoms with Gasteiger partial charge in [-0.2, -0.15) is 0 Å². The van der Waals surface area contributed by atoms with Crippen LogP contribution in [0.5, 0.6) is 0 Å². The fraction of sp³-hybridized carbons (Fsp3) is 0.133. The summed E-state index contributed by atoms with van der Waals surface area (Å²) in [6, 6.07) is 8.50. The van der Waals surface area contributed by atoms with Crippen LogP contribution in [0.4, 0.5) is 0 Å². The zero-order valence-corrected chi connectivity index (χ0v) is 12.3. The number of hydrogen-bond donors (Lipinski definition) is 1. The van der Waals surface area contributed by atoms with Crippen LogP contribution in [0.3, 0.4) is 0 Å². The summed E-state index contributed by atoms with van der Waals surface area (Å²) in [5.74, 6) is 0.483. The first-order valence-electron chi connectivity index (χ1n) is 6.03. The Morgan fingerprint density at radius 2 is 2.15 bits per heavy atom. The number of benzene rings is 1. The zero-order valence-electron chi connectivity index (χ0n) is 10.8. The highest BCUT2D eigenvalue weighted by Crippen LogP contribution is 2.22. The van der Waals surface area contributed by atoms with Gasteiger partial charge >= 0.3 is 0 Å². The van der Waals surface area contributed by atoms with Gasteiger partial charge in [0.05, 0.1) is 12.3 Å². The number of hydrogen-bond acceptors (Lipinski definition) is 2. The molecule has 104 valence electrons. The molecule has 0 fully saturated rings. The quantitative estimate of drug-likeness (QED) is 0.846. The lowest BCUT2D eigenvalue weighted by atomic mass is 10.2. The SMILES string of the molecule is C[C@H](NC(=O)/C=C/c1ccc(Cl)cc1Cl)c1ccco1. The van der Waals surface area contributed by atoms with Crippen LogP contribution >= 0.6 is 23.2 Å². The maximum Gasteiger partial charge on any atom is 0.244 e. The lowest BCUT2D eigenvalue weighted by Gasteiger charge is -2.09. The van der Waals surface area contributed by atoms with Crippen molar-refractivity contribution >= 4 is 35.2 Å². The molecule has 1 atom stereocenters. The third-order valence-corrected chi connectivity index (χ3v) is 3.27. The second kappa shape index (κ2) is 6.64. The third kappa shape index (κ3) is 3.89. The van der Waals surface area contributed by atoms with E-state index in [2.05, 4.69) is 5.32 Å². The molecule has 1 amide bonds. The molecule has 0 bridgehead atoms. The predicted octanol–water partition coefficient (Wildman–Crippen LogP) is 4.48. The lowest BCUT2D eigenvalue weighted by Crippen LogP contribution is -2.24. The Labute approximate surface area is 127 Å². The maximum absolute atomic E-state index is 11.8. The molecular weight excluding hydrogens is 297 g/mol. The highest BCUT2D eigenvalue weighted by molar-refractivity contribution is 6.35. The summed E-state index contributed by atoms with van der Waals surface area (Å²) in [6.07, 6.45) is 4.64. The summed E-state index contributed by atoms with van der Waals surface area (Å²) >= 11 is 11.8. The van der Waals surface area contributed by atoms with Crippen molar-refractivity contribution in [1.29, 1.82) is 0 Å². The molecule has 0 radical (unpaired) electrons. The molecule has 1 aromatic heterocycles. The predicted molar refractivity (Wildman–Crippen MR) is 80.8 cm³/mol. The van der Waals surface area contributed by atoms with Gasteiger partial charge in [-0.05, 0) is 42.8 Å². The average molecular weight is 310 g/mol. The van der Waals surface area contributed by atoms with Crippen LogP contribution in [0.1, 0.15) is 24.3 Å². The Balaban J connectivity index is 1.99. The van der Waals surface area contributed by atoms with Crippen molar-refractivity contribution in [3.05, 3.63) is 64.0 Å². The molecular formula is C15H13Cl2NO2. The minimum absolute atomic E-state index is 0.192. The fourth-order valence-electron chi connectivity index (χ4n) is 1.67.